The predicted octanol–water partition coefficient (Wildman–Crippen LogP) is 5.10. The number of likely N-dealkylation sites (tertiary alicyclic amines) is 1. The minimum absolute atomic E-state index is 0.0218. The van der Waals surface area contributed by atoms with Crippen LogP contribution in [0.15, 0.2) is 42.0 Å². The molecule has 198 valence electrons. The second kappa shape index (κ2) is 12.2. The lowest BCUT2D eigenvalue weighted by Gasteiger charge is -2.52. The van der Waals surface area contributed by atoms with Crippen LogP contribution in [0, 0.1) is 30.1 Å². The Kier molecular flexibility index (Phi) is 9.29. The van der Waals surface area contributed by atoms with Gasteiger partial charge in [-0.2, -0.15) is 0 Å². The van der Waals surface area contributed by atoms with Gasteiger partial charge < -0.3 is 19.5 Å². The summed E-state index contributed by atoms with van der Waals surface area (Å²) in [6.45, 7) is 11.9. The first-order valence-corrected chi connectivity index (χ1v) is 14.0. The van der Waals surface area contributed by atoms with Gasteiger partial charge in [-0.15, -0.1) is 0 Å². The number of aliphatic hydroxyl groups is 1. The van der Waals surface area contributed by atoms with Crippen molar-refractivity contribution in [2.75, 3.05) is 26.2 Å². The molecule has 1 N–H and O–H groups in total. The molecule has 3 aliphatic rings. The average molecular weight is 496 g/mol. The summed E-state index contributed by atoms with van der Waals surface area (Å²) in [5.41, 5.74) is 1.32. The van der Waals surface area contributed by atoms with E-state index in [1.54, 1.807) is 0 Å². The fourth-order valence-electron chi connectivity index (χ4n) is 6.58. The minimum atomic E-state index is -1.04. The van der Waals surface area contributed by atoms with Crippen LogP contribution >= 0.6 is 0 Å². The number of aryl methyl sites for hydroxylation is 1. The summed E-state index contributed by atoms with van der Waals surface area (Å²) in [4.78, 5) is 14.2. The number of nitrogens with zero attached hydrogens (tertiary/aromatic N) is 1. The summed E-state index contributed by atoms with van der Waals surface area (Å²) in [6.07, 6.45) is 11.7. The molecule has 5 heteroatoms. The van der Waals surface area contributed by atoms with Crippen molar-refractivity contribution in [2.45, 2.75) is 84.0 Å². The van der Waals surface area contributed by atoms with Crippen LogP contribution in [-0.4, -0.2) is 60.0 Å². The van der Waals surface area contributed by atoms with Crippen LogP contribution in [0.3, 0.4) is 0 Å². The smallest absolute Gasteiger partial charge is 0.303 e. The summed E-state index contributed by atoms with van der Waals surface area (Å²) in [6, 6.07) is 10.6. The molecule has 0 bridgehead atoms. The van der Waals surface area contributed by atoms with E-state index in [4.69, 9.17) is 9.47 Å². The number of rotatable bonds is 9. The third kappa shape index (κ3) is 6.59. The van der Waals surface area contributed by atoms with E-state index in [1.165, 1.54) is 12.5 Å². The van der Waals surface area contributed by atoms with E-state index in [0.717, 1.165) is 70.3 Å². The van der Waals surface area contributed by atoms with Crippen LogP contribution in [0.2, 0.25) is 0 Å². The van der Waals surface area contributed by atoms with Crippen LogP contribution in [-0.2, 0) is 20.7 Å². The molecular weight excluding hydrogens is 450 g/mol. The molecule has 0 amide bonds. The lowest BCUT2D eigenvalue weighted by atomic mass is 9.57. The third-order valence-corrected chi connectivity index (χ3v) is 8.77. The molecule has 4 rings (SSSR count). The molecule has 1 heterocycles. The standard InChI is InChI=1S/C31H45NO4/c1-22-19-29-28(13-12-24(3)31(29,34)20-30(22)36-25(4)33)23(2)21-32-16-14-27(15-17-32)35-18-8-11-26-9-6-5-7-10-26/h5-7,9-10,19,23-24,27-30,34H,8,11-18,21H2,1-4H3/t23-,24-,28+,29-,30-,31-/m1/s1. The largest absolute Gasteiger partial charge is 0.457 e. The molecule has 1 aromatic rings. The van der Waals surface area contributed by atoms with Gasteiger partial charge in [-0.1, -0.05) is 50.3 Å². The Labute approximate surface area is 218 Å². The highest BCUT2D eigenvalue weighted by Crippen LogP contribution is 2.50. The number of hydrogen-bond acceptors (Lipinski definition) is 5. The van der Waals surface area contributed by atoms with Gasteiger partial charge in [0.15, 0.2) is 0 Å². The normalized spacial score (nSPS) is 32.4. The van der Waals surface area contributed by atoms with Gasteiger partial charge >= 0.3 is 5.97 Å². The molecule has 1 saturated heterocycles. The predicted molar refractivity (Wildman–Crippen MR) is 142 cm³/mol. The molecule has 0 spiro atoms. The lowest BCUT2D eigenvalue weighted by molar-refractivity contribution is -0.148. The van der Waals surface area contributed by atoms with Gasteiger partial charge in [0.2, 0.25) is 0 Å². The Balaban J connectivity index is 1.25. The zero-order chi connectivity index (χ0) is 25.7. The van der Waals surface area contributed by atoms with Gasteiger partial charge in [-0.25, -0.2) is 0 Å². The molecule has 2 radical (unpaired) electrons. The fraction of sp³-hybridized carbons (Fsp3) is 0.677. The molecule has 0 unspecified atom stereocenters. The summed E-state index contributed by atoms with van der Waals surface area (Å²) < 4.78 is 11.7. The zero-order valence-electron chi connectivity index (χ0n) is 22.6. The van der Waals surface area contributed by atoms with Crippen molar-refractivity contribution >= 4 is 5.97 Å². The molecule has 1 aliphatic heterocycles. The summed E-state index contributed by atoms with van der Waals surface area (Å²) in [5.74, 6) is 0.642. The Bertz CT molecular complexity index is 878. The van der Waals surface area contributed by atoms with Crippen molar-refractivity contribution in [3.8, 4) is 0 Å². The molecule has 2 fully saturated rings. The van der Waals surface area contributed by atoms with Gasteiger partial charge in [0.05, 0.1) is 18.1 Å². The third-order valence-electron chi connectivity index (χ3n) is 8.77. The second-order valence-electron chi connectivity index (χ2n) is 11.5. The summed E-state index contributed by atoms with van der Waals surface area (Å²) in [5, 5.41) is 11.7. The van der Waals surface area contributed by atoms with Gasteiger partial charge in [-0.05, 0) is 74.3 Å². The molecule has 1 aromatic carbocycles. The number of hydrogen-bond donors (Lipinski definition) is 1. The molecule has 6 atom stereocenters. The van der Waals surface area contributed by atoms with Crippen LogP contribution in [0.5, 0.6) is 0 Å². The summed E-state index contributed by atoms with van der Waals surface area (Å²) in [7, 11) is 0. The maximum absolute atomic E-state index is 11.7. The number of carbonyl (C=O) groups is 1. The zero-order valence-corrected chi connectivity index (χ0v) is 22.6. The number of piperidine rings is 1. The summed E-state index contributed by atoms with van der Waals surface area (Å²) >= 11 is 0. The van der Waals surface area contributed by atoms with Gasteiger partial charge in [0.25, 0.3) is 0 Å². The van der Waals surface area contributed by atoms with E-state index < -0.39 is 11.7 Å². The first-order valence-electron chi connectivity index (χ1n) is 14.0. The molecule has 2 aliphatic carbocycles. The molecule has 0 aromatic heterocycles. The van der Waals surface area contributed by atoms with Crippen molar-refractivity contribution in [1.82, 2.24) is 4.90 Å². The van der Waals surface area contributed by atoms with E-state index in [-0.39, 0.29) is 17.8 Å². The highest BCUT2D eigenvalue weighted by atomic mass is 16.5. The molecule has 1 saturated carbocycles. The van der Waals surface area contributed by atoms with Crippen molar-refractivity contribution in [2.24, 2.45) is 23.7 Å². The van der Waals surface area contributed by atoms with Crippen molar-refractivity contribution in [1.29, 1.82) is 0 Å². The Morgan fingerprint density at radius 2 is 1.92 bits per heavy atom. The first-order chi connectivity index (χ1) is 17.3. The van der Waals surface area contributed by atoms with Crippen molar-refractivity contribution in [3.63, 3.8) is 0 Å². The number of esters is 1. The SMILES string of the molecule is CC(=O)O[C@@H]1[C][C@@]2(O)[C@H](C)CC[C@@H]([C@H](C)CN3CCC(OCCCc4ccccc4)CC3)[C@H]2C=C1C. The topological polar surface area (TPSA) is 59.0 Å². The lowest BCUT2D eigenvalue weighted by Crippen LogP contribution is -2.56. The Morgan fingerprint density at radius 3 is 2.61 bits per heavy atom. The average Bonchev–Trinajstić information content (AvgIpc) is 2.85. The molecular formula is C31H45NO4. The van der Waals surface area contributed by atoms with E-state index in [2.05, 4.69) is 61.6 Å². The monoisotopic (exact) mass is 495 g/mol. The van der Waals surface area contributed by atoms with E-state index >= 15 is 0 Å². The van der Waals surface area contributed by atoms with E-state index in [9.17, 15) is 9.90 Å². The van der Waals surface area contributed by atoms with Gasteiger partial charge in [0.1, 0.15) is 6.10 Å². The molecule has 5 nitrogen and oxygen atoms in total. The fourth-order valence-corrected chi connectivity index (χ4v) is 6.58. The van der Waals surface area contributed by atoms with Gasteiger partial charge in [-0.3, -0.25) is 4.79 Å². The Morgan fingerprint density at radius 1 is 1.19 bits per heavy atom. The number of fused-ring (bicyclic) bond motifs is 1. The Hall–Kier alpha value is -1.69. The van der Waals surface area contributed by atoms with Crippen molar-refractivity contribution < 1.29 is 19.4 Å². The minimum Gasteiger partial charge on any atom is -0.457 e. The second-order valence-corrected chi connectivity index (χ2v) is 11.5. The van der Waals surface area contributed by atoms with Crippen LogP contribution in [0.4, 0.5) is 0 Å². The number of carbonyl (C=O) groups excluding carboxylic acids is 1. The van der Waals surface area contributed by atoms with E-state index in [0.29, 0.717) is 17.9 Å². The van der Waals surface area contributed by atoms with Crippen LogP contribution < -0.4 is 0 Å². The van der Waals surface area contributed by atoms with Crippen molar-refractivity contribution in [3.05, 3.63) is 54.0 Å². The maximum atomic E-state index is 11.7. The van der Waals surface area contributed by atoms with Crippen LogP contribution in [0.1, 0.15) is 65.4 Å². The molecule has 36 heavy (non-hydrogen) atoms. The van der Waals surface area contributed by atoms with Crippen LogP contribution in [0.25, 0.3) is 0 Å². The highest BCUT2D eigenvalue weighted by molar-refractivity contribution is 5.66. The first kappa shape index (κ1) is 27.3. The number of ether oxygens (including phenoxy) is 2. The van der Waals surface area contributed by atoms with Gasteiger partial charge in [0, 0.05) is 39.1 Å². The quantitative estimate of drug-likeness (QED) is 0.293. The van der Waals surface area contributed by atoms with E-state index in [1.807, 2.05) is 6.92 Å². The highest BCUT2D eigenvalue weighted by Gasteiger charge is 2.53. The number of benzene rings is 1. The maximum Gasteiger partial charge on any atom is 0.303 e.